The van der Waals surface area contributed by atoms with E-state index in [1.54, 1.807) is 0 Å². The Balaban J connectivity index is 1.84. The van der Waals surface area contributed by atoms with E-state index >= 15 is 0 Å². The number of rotatable bonds is 5. The molecule has 0 fully saturated rings. The molecule has 3 nitrogen and oxygen atoms in total. The maximum atomic E-state index is 11.8. The number of hydrogen-bond donors (Lipinski definition) is 1. The van der Waals surface area contributed by atoms with Crippen molar-refractivity contribution >= 4 is 21.8 Å². The molecule has 0 unspecified atom stereocenters. The van der Waals surface area contributed by atoms with Gasteiger partial charge in [-0.2, -0.15) is 0 Å². The Morgan fingerprint density at radius 1 is 1.20 bits per heavy atom. The third kappa shape index (κ3) is 4.38. The summed E-state index contributed by atoms with van der Waals surface area (Å²) in [6, 6.07) is 17.2. The number of nitrogens with one attached hydrogen (secondary N) is 1. The van der Waals surface area contributed by atoms with E-state index in [0.29, 0.717) is 5.75 Å². The van der Waals surface area contributed by atoms with Gasteiger partial charge < -0.3 is 10.1 Å². The van der Waals surface area contributed by atoms with Gasteiger partial charge in [-0.3, -0.25) is 4.79 Å². The SMILES string of the molecule is C[C@@H](NC(=O)COc1cccc(Br)c1)c1ccccc1. The van der Waals surface area contributed by atoms with Gasteiger partial charge in [-0.25, -0.2) is 0 Å². The predicted octanol–water partition coefficient (Wildman–Crippen LogP) is 3.71. The molecule has 0 aromatic heterocycles. The highest BCUT2D eigenvalue weighted by Crippen LogP contribution is 2.17. The van der Waals surface area contributed by atoms with Crippen LogP contribution in [0.1, 0.15) is 18.5 Å². The van der Waals surface area contributed by atoms with Gasteiger partial charge in [0, 0.05) is 4.47 Å². The Morgan fingerprint density at radius 3 is 2.65 bits per heavy atom. The first-order valence-corrected chi connectivity index (χ1v) is 7.17. The average Bonchev–Trinajstić information content (AvgIpc) is 2.46. The lowest BCUT2D eigenvalue weighted by atomic mass is 10.1. The van der Waals surface area contributed by atoms with Crippen LogP contribution in [-0.2, 0) is 4.79 Å². The van der Waals surface area contributed by atoms with Gasteiger partial charge in [0.15, 0.2) is 6.61 Å². The zero-order chi connectivity index (χ0) is 14.4. The van der Waals surface area contributed by atoms with Crippen molar-refractivity contribution in [2.45, 2.75) is 13.0 Å². The van der Waals surface area contributed by atoms with Crippen LogP contribution in [0.25, 0.3) is 0 Å². The van der Waals surface area contributed by atoms with Crippen molar-refractivity contribution < 1.29 is 9.53 Å². The molecule has 0 aliphatic heterocycles. The minimum atomic E-state index is -0.138. The van der Waals surface area contributed by atoms with E-state index in [1.807, 2.05) is 61.5 Å². The Hall–Kier alpha value is -1.81. The second-order valence-corrected chi connectivity index (χ2v) is 5.36. The number of carbonyl (C=O) groups excluding carboxylic acids is 1. The number of benzene rings is 2. The topological polar surface area (TPSA) is 38.3 Å². The molecule has 0 heterocycles. The van der Waals surface area contributed by atoms with Crippen LogP contribution in [-0.4, -0.2) is 12.5 Å². The van der Waals surface area contributed by atoms with Crippen molar-refractivity contribution in [2.75, 3.05) is 6.61 Å². The van der Waals surface area contributed by atoms with Gasteiger partial charge in [0.1, 0.15) is 5.75 Å². The van der Waals surface area contributed by atoms with Crippen molar-refractivity contribution in [1.82, 2.24) is 5.32 Å². The Labute approximate surface area is 127 Å². The van der Waals surface area contributed by atoms with Crippen molar-refractivity contribution in [3.63, 3.8) is 0 Å². The monoisotopic (exact) mass is 333 g/mol. The van der Waals surface area contributed by atoms with Crippen LogP contribution in [0.2, 0.25) is 0 Å². The first-order chi connectivity index (χ1) is 9.65. The number of ether oxygens (including phenoxy) is 1. The molecule has 0 saturated heterocycles. The van der Waals surface area contributed by atoms with Gasteiger partial charge in [0.2, 0.25) is 0 Å². The molecule has 2 rings (SSSR count). The fraction of sp³-hybridized carbons (Fsp3) is 0.188. The molecule has 4 heteroatoms. The van der Waals surface area contributed by atoms with Crippen molar-refractivity contribution in [1.29, 1.82) is 0 Å². The molecule has 0 spiro atoms. The maximum Gasteiger partial charge on any atom is 0.258 e. The summed E-state index contributed by atoms with van der Waals surface area (Å²) in [5, 5.41) is 2.91. The second-order valence-electron chi connectivity index (χ2n) is 4.45. The Kier molecular flexibility index (Phi) is 5.18. The molecule has 0 bridgehead atoms. The number of halogens is 1. The van der Waals surface area contributed by atoms with E-state index in [0.717, 1.165) is 10.0 Å². The highest BCUT2D eigenvalue weighted by molar-refractivity contribution is 9.10. The summed E-state index contributed by atoms with van der Waals surface area (Å²) < 4.78 is 6.37. The number of carbonyl (C=O) groups is 1. The van der Waals surface area contributed by atoms with Crippen LogP contribution < -0.4 is 10.1 Å². The quantitative estimate of drug-likeness (QED) is 0.905. The molecule has 0 saturated carbocycles. The normalized spacial score (nSPS) is 11.7. The Bertz CT molecular complexity index is 572. The van der Waals surface area contributed by atoms with E-state index in [1.165, 1.54) is 0 Å². The molecule has 2 aromatic rings. The molecule has 1 N–H and O–H groups in total. The van der Waals surface area contributed by atoms with Gasteiger partial charge in [0.05, 0.1) is 6.04 Å². The summed E-state index contributed by atoms with van der Waals surface area (Å²) >= 11 is 3.36. The van der Waals surface area contributed by atoms with Crippen LogP contribution in [0.15, 0.2) is 59.1 Å². The number of hydrogen-bond acceptors (Lipinski definition) is 2. The minimum Gasteiger partial charge on any atom is -0.484 e. The average molecular weight is 334 g/mol. The lowest BCUT2D eigenvalue weighted by Gasteiger charge is -2.14. The summed E-state index contributed by atoms with van der Waals surface area (Å²) in [6.45, 7) is 1.96. The molecular formula is C16H16BrNO2. The van der Waals surface area contributed by atoms with E-state index in [4.69, 9.17) is 4.74 Å². The maximum absolute atomic E-state index is 11.8. The zero-order valence-electron chi connectivity index (χ0n) is 11.2. The summed E-state index contributed by atoms with van der Waals surface area (Å²) in [5.74, 6) is 0.531. The highest BCUT2D eigenvalue weighted by atomic mass is 79.9. The molecule has 1 atom stereocenters. The van der Waals surface area contributed by atoms with Gasteiger partial charge >= 0.3 is 0 Å². The first-order valence-electron chi connectivity index (χ1n) is 6.38. The lowest BCUT2D eigenvalue weighted by Crippen LogP contribution is -2.31. The van der Waals surface area contributed by atoms with Crippen molar-refractivity contribution in [3.05, 3.63) is 64.6 Å². The van der Waals surface area contributed by atoms with Crippen LogP contribution >= 0.6 is 15.9 Å². The summed E-state index contributed by atoms with van der Waals surface area (Å²) in [4.78, 5) is 11.8. The van der Waals surface area contributed by atoms with E-state index in [2.05, 4.69) is 21.2 Å². The fourth-order valence-electron chi connectivity index (χ4n) is 1.81. The molecule has 20 heavy (non-hydrogen) atoms. The number of amides is 1. The second kappa shape index (κ2) is 7.10. The van der Waals surface area contributed by atoms with Crippen LogP contribution in [0.5, 0.6) is 5.75 Å². The van der Waals surface area contributed by atoms with Crippen molar-refractivity contribution in [2.24, 2.45) is 0 Å². The molecule has 0 aliphatic rings. The smallest absolute Gasteiger partial charge is 0.258 e. The molecule has 1 amide bonds. The molecule has 0 radical (unpaired) electrons. The van der Waals surface area contributed by atoms with E-state index < -0.39 is 0 Å². The summed E-state index contributed by atoms with van der Waals surface area (Å²) in [5.41, 5.74) is 1.07. The van der Waals surface area contributed by atoms with Crippen LogP contribution in [0, 0.1) is 0 Å². The van der Waals surface area contributed by atoms with E-state index in [9.17, 15) is 4.79 Å². The lowest BCUT2D eigenvalue weighted by molar-refractivity contribution is -0.123. The third-order valence-electron chi connectivity index (χ3n) is 2.84. The summed E-state index contributed by atoms with van der Waals surface area (Å²) in [6.07, 6.45) is 0. The molecular weight excluding hydrogens is 318 g/mol. The Morgan fingerprint density at radius 2 is 1.95 bits per heavy atom. The largest absolute Gasteiger partial charge is 0.484 e. The van der Waals surface area contributed by atoms with Crippen molar-refractivity contribution in [3.8, 4) is 5.75 Å². The van der Waals surface area contributed by atoms with Gasteiger partial charge in [-0.15, -0.1) is 0 Å². The molecule has 104 valence electrons. The first kappa shape index (κ1) is 14.6. The predicted molar refractivity (Wildman–Crippen MR) is 82.6 cm³/mol. The fourth-order valence-corrected chi connectivity index (χ4v) is 2.19. The van der Waals surface area contributed by atoms with Crippen LogP contribution in [0.3, 0.4) is 0 Å². The highest BCUT2D eigenvalue weighted by Gasteiger charge is 2.09. The third-order valence-corrected chi connectivity index (χ3v) is 3.34. The van der Waals surface area contributed by atoms with Gasteiger partial charge in [-0.05, 0) is 30.7 Å². The summed E-state index contributed by atoms with van der Waals surface area (Å²) in [7, 11) is 0. The zero-order valence-corrected chi connectivity index (χ0v) is 12.8. The van der Waals surface area contributed by atoms with Gasteiger partial charge in [-0.1, -0.05) is 52.3 Å². The van der Waals surface area contributed by atoms with Gasteiger partial charge in [0.25, 0.3) is 5.91 Å². The molecule has 0 aliphatic carbocycles. The standard InChI is InChI=1S/C16H16BrNO2/c1-12(13-6-3-2-4-7-13)18-16(19)11-20-15-9-5-8-14(17)10-15/h2-10,12H,11H2,1H3,(H,18,19)/t12-/m1/s1. The molecule has 2 aromatic carbocycles. The minimum absolute atomic E-state index is 0.00757. The van der Waals surface area contributed by atoms with E-state index in [-0.39, 0.29) is 18.6 Å². The van der Waals surface area contributed by atoms with Crippen LogP contribution in [0.4, 0.5) is 0 Å².